The zero-order valence-electron chi connectivity index (χ0n) is 14.8. The second kappa shape index (κ2) is 7.07. The first-order valence-corrected chi connectivity index (χ1v) is 8.71. The van der Waals surface area contributed by atoms with Crippen LogP contribution in [0.3, 0.4) is 0 Å². The van der Waals surface area contributed by atoms with Crippen molar-refractivity contribution < 1.29 is 13.9 Å². The van der Waals surface area contributed by atoms with E-state index in [1.165, 1.54) is 11.6 Å². The van der Waals surface area contributed by atoms with Gasteiger partial charge in [0.2, 0.25) is 0 Å². The van der Waals surface area contributed by atoms with E-state index in [4.69, 9.17) is 9.15 Å². The number of carbonyl (C=O) groups excluding carboxylic acids is 1. The number of nitrogens with one attached hydrogen (secondary N) is 1. The molecule has 2 aromatic carbocycles. The van der Waals surface area contributed by atoms with Crippen molar-refractivity contribution in [3.8, 4) is 5.75 Å². The van der Waals surface area contributed by atoms with Crippen LogP contribution < -0.4 is 15.8 Å². The number of nitrogens with zero attached hydrogens (tertiary/aromatic N) is 1. The van der Waals surface area contributed by atoms with E-state index in [0.717, 1.165) is 35.1 Å². The second-order valence-corrected chi connectivity index (χ2v) is 6.45. The summed E-state index contributed by atoms with van der Waals surface area (Å²) in [5.74, 6) is 0.0999. The summed E-state index contributed by atoms with van der Waals surface area (Å²) in [5.41, 5.74) is 6.59. The summed E-state index contributed by atoms with van der Waals surface area (Å²) >= 11 is 0. The molecule has 6 nitrogen and oxygen atoms in total. The number of hydrogen-bond donors (Lipinski definition) is 1. The van der Waals surface area contributed by atoms with E-state index in [0.29, 0.717) is 11.3 Å². The lowest BCUT2D eigenvalue weighted by Crippen LogP contribution is -2.25. The van der Waals surface area contributed by atoms with Crippen LogP contribution in [0.5, 0.6) is 5.75 Å². The Morgan fingerprint density at radius 2 is 2.04 bits per heavy atom. The van der Waals surface area contributed by atoms with Crippen LogP contribution in [0.1, 0.15) is 23.1 Å². The molecule has 0 atom stereocenters. The Morgan fingerprint density at radius 3 is 2.93 bits per heavy atom. The number of hydrogen-bond acceptors (Lipinski definition) is 5. The summed E-state index contributed by atoms with van der Waals surface area (Å²) in [7, 11) is 0. The van der Waals surface area contributed by atoms with Gasteiger partial charge < -0.3 is 9.15 Å². The third-order valence-electron chi connectivity index (χ3n) is 4.57. The van der Waals surface area contributed by atoms with Crippen molar-refractivity contribution in [1.29, 1.82) is 0 Å². The molecule has 1 heterocycles. The maximum absolute atomic E-state index is 12.0. The number of rotatable bonds is 4. The normalized spacial score (nSPS) is 14.3. The minimum absolute atomic E-state index is 0.181. The highest BCUT2D eigenvalue weighted by atomic mass is 16.5. The van der Waals surface area contributed by atoms with Gasteiger partial charge in [-0.05, 0) is 43.0 Å². The second-order valence-electron chi connectivity index (χ2n) is 6.45. The zero-order valence-corrected chi connectivity index (χ0v) is 14.8. The van der Waals surface area contributed by atoms with Crippen LogP contribution >= 0.6 is 0 Å². The summed E-state index contributed by atoms with van der Waals surface area (Å²) in [6.07, 6.45) is 1.74. The summed E-state index contributed by atoms with van der Waals surface area (Å²) < 4.78 is 10.7. The van der Waals surface area contributed by atoms with E-state index in [1.807, 2.05) is 25.1 Å². The van der Waals surface area contributed by atoms with E-state index in [-0.39, 0.29) is 12.5 Å². The Labute approximate surface area is 155 Å². The minimum atomic E-state index is -0.414. The van der Waals surface area contributed by atoms with Gasteiger partial charge in [-0.1, -0.05) is 24.3 Å². The molecule has 0 radical (unpaired) electrons. The standard InChI is InChI=1S/C21H18N2O4/c1-13-10-21(25)27-19-11-15(7-8-16(13)19)26-12-20(24)23-22-18-9-6-14-4-2-3-5-17(14)18/h2-5,7-8,10-11H,6,9,12H2,1H3,(H,23,24). The average Bonchev–Trinajstić information content (AvgIpc) is 3.07. The van der Waals surface area contributed by atoms with Crippen molar-refractivity contribution in [2.45, 2.75) is 19.8 Å². The number of ether oxygens (including phenoxy) is 1. The molecule has 6 heteroatoms. The van der Waals surface area contributed by atoms with Crippen LogP contribution in [0.2, 0.25) is 0 Å². The maximum atomic E-state index is 12.0. The van der Waals surface area contributed by atoms with E-state index in [1.54, 1.807) is 18.2 Å². The monoisotopic (exact) mass is 362 g/mol. The molecule has 1 aromatic heterocycles. The van der Waals surface area contributed by atoms with Gasteiger partial charge >= 0.3 is 5.63 Å². The van der Waals surface area contributed by atoms with Gasteiger partial charge in [0, 0.05) is 23.1 Å². The maximum Gasteiger partial charge on any atom is 0.336 e. The lowest BCUT2D eigenvalue weighted by molar-refractivity contribution is -0.123. The molecule has 0 saturated carbocycles. The Balaban J connectivity index is 1.40. The van der Waals surface area contributed by atoms with Gasteiger partial charge in [-0.2, -0.15) is 5.10 Å². The molecule has 0 unspecified atom stereocenters. The highest BCUT2D eigenvalue weighted by Gasteiger charge is 2.17. The summed E-state index contributed by atoms with van der Waals surface area (Å²) in [4.78, 5) is 23.5. The van der Waals surface area contributed by atoms with E-state index in [9.17, 15) is 9.59 Å². The number of fused-ring (bicyclic) bond motifs is 2. The smallest absolute Gasteiger partial charge is 0.336 e. The van der Waals surface area contributed by atoms with Crippen LogP contribution in [0.4, 0.5) is 0 Å². The largest absolute Gasteiger partial charge is 0.484 e. The molecular weight excluding hydrogens is 344 g/mol. The van der Waals surface area contributed by atoms with Crippen molar-refractivity contribution in [1.82, 2.24) is 5.43 Å². The van der Waals surface area contributed by atoms with Gasteiger partial charge in [-0.3, -0.25) is 4.79 Å². The van der Waals surface area contributed by atoms with Gasteiger partial charge in [0.05, 0.1) is 5.71 Å². The lowest BCUT2D eigenvalue weighted by Gasteiger charge is -2.07. The molecule has 3 aromatic rings. The summed E-state index contributed by atoms with van der Waals surface area (Å²) in [6.45, 7) is 1.66. The SMILES string of the molecule is Cc1cc(=O)oc2cc(OCC(=O)NN=C3CCc4ccccc43)ccc12. The minimum Gasteiger partial charge on any atom is -0.484 e. The van der Waals surface area contributed by atoms with Crippen LogP contribution in [0.25, 0.3) is 11.0 Å². The first kappa shape index (κ1) is 17.0. The fourth-order valence-electron chi connectivity index (χ4n) is 3.23. The fourth-order valence-corrected chi connectivity index (χ4v) is 3.23. The molecule has 1 amide bonds. The van der Waals surface area contributed by atoms with Gasteiger partial charge in [0.25, 0.3) is 5.91 Å². The van der Waals surface area contributed by atoms with Crippen LogP contribution in [-0.2, 0) is 11.2 Å². The van der Waals surface area contributed by atoms with Crippen molar-refractivity contribution >= 4 is 22.6 Å². The topological polar surface area (TPSA) is 80.9 Å². The molecular formula is C21H18N2O4. The molecule has 0 bridgehead atoms. The Hall–Kier alpha value is -3.41. The summed E-state index contributed by atoms with van der Waals surface area (Å²) in [5, 5.41) is 5.06. The van der Waals surface area contributed by atoms with Crippen molar-refractivity contribution in [3.05, 3.63) is 75.6 Å². The quantitative estimate of drug-likeness (QED) is 0.572. The molecule has 136 valence electrons. The molecule has 0 spiro atoms. The predicted octanol–water partition coefficient (Wildman–Crippen LogP) is 2.95. The highest BCUT2D eigenvalue weighted by molar-refractivity contribution is 6.04. The Kier molecular flexibility index (Phi) is 4.46. The third-order valence-corrected chi connectivity index (χ3v) is 4.57. The zero-order chi connectivity index (χ0) is 18.8. The molecule has 0 fully saturated rings. The number of carbonyl (C=O) groups is 1. The van der Waals surface area contributed by atoms with E-state index < -0.39 is 5.63 Å². The molecule has 0 saturated heterocycles. The first-order valence-electron chi connectivity index (χ1n) is 8.71. The predicted molar refractivity (Wildman–Crippen MR) is 102 cm³/mol. The number of amides is 1. The molecule has 4 rings (SSSR count). The van der Waals surface area contributed by atoms with Gasteiger partial charge in [-0.25, -0.2) is 10.2 Å². The number of aryl methyl sites for hydroxylation is 2. The molecule has 1 N–H and O–H groups in total. The molecule has 27 heavy (non-hydrogen) atoms. The van der Waals surface area contributed by atoms with Crippen molar-refractivity contribution in [2.75, 3.05) is 6.61 Å². The van der Waals surface area contributed by atoms with E-state index in [2.05, 4.69) is 16.6 Å². The fraction of sp³-hybridized carbons (Fsp3) is 0.190. The van der Waals surface area contributed by atoms with Gasteiger partial charge in [0.1, 0.15) is 11.3 Å². The molecule has 0 aliphatic heterocycles. The van der Waals surface area contributed by atoms with Crippen molar-refractivity contribution in [2.24, 2.45) is 5.10 Å². The Bertz CT molecular complexity index is 1110. The molecule has 1 aliphatic carbocycles. The first-order chi connectivity index (χ1) is 13.1. The van der Waals surface area contributed by atoms with Crippen LogP contribution in [-0.4, -0.2) is 18.2 Å². The van der Waals surface area contributed by atoms with Gasteiger partial charge in [0.15, 0.2) is 6.61 Å². The van der Waals surface area contributed by atoms with Crippen molar-refractivity contribution in [3.63, 3.8) is 0 Å². The summed E-state index contributed by atoms with van der Waals surface area (Å²) in [6, 6.07) is 14.6. The number of hydrazone groups is 1. The van der Waals surface area contributed by atoms with Crippen LogP contribution in [0, 0.1) is 6.92 Å². The van der Waals surface area contributed by atoms with Crippen LogP contribution in [0.15, 0.2) is 62.8 Å². The lowest BCUT2D eigenvalue weighted by atomic mass is 10.1. The highest BCUT2D eigenvalue weighted by Crippen LogP contribution is 2.23. The Morgan fingerprint density at radius 1 is 1.19 bits per heavy atom. The number of benzene rings is 2. The van der Waals surface area contributed by atoms with E-state index >= 15 is 0 Å². The third kappa shape index (κ3) is 3.60. The molecule has 1 aliphatic rings. The van der Waals surface area contributed by atoms with Gasteiger partial charge in [-0.15, -0.1) is 0 Å². The average molecular weight is 362 g/mol.